The fourth-order valence-corrected chi connectivity index (χ4v) is 13.1. The molecular formula is C36H52O12Si. The Morgan fingerprint density at radius 2 is 1.63 bits per heavy atom. The Morgan fingerprint density at radius 1 is 1.02 bits per heavy atom. The molecule has 2 bridgehead atoms. The van der Waals surface area contributed by atoms with Gasteiger partial charge >= 0.3 is 20.7 Å². The zero-order chi connectivity index (χ0) is 36.5. The van der Waals surface area contributed by atoms with Gasteiger partial charge in [-0.25, -0.2) is 9.59 Å². The fraction of sp³-hybridized carbons (Fsp3) is 0.694. The highest BCUT2D eigenvalue weighted by Gasteiger charge is 2.78. The molecule has 4 aliphatic rings. The van der Waals surface area contributed by atoms with Crippen molar-refractivity contribution in [2.24, 2.45) is 16.7 Å². The minimum absolute atomic E-state index is 0.0574. The second kappa shape index (κ2) is 12.8. The van der Waals surface area contributed by atoms with E-state index in [1.165, 1.54) is 0 Å². The van der Waals surface area contributed by atoms with Crippen LogP contribution in [0.4, 0.5) is 4.79 Å². The summed E-state index contributed by atoms with van der Waals surface area (Å²) in [5, 5.41) is 36.8. The lowest BCUT2D eigenvalue weighted by molar-refractivity contribution is -0.343. The van der Waals surface area contributed by atoms with Crippen molar-refractivity contribution in [2.75, 3.05) is 20.8 Å². The zero-order valence-corrected chi connectivity index (χ0v) is 31.1. The van der Waals surface area contributed by atoms with Crippen LogP contribution in [0.15, 0.2) is 41.5 Å². The molecule has 0 aromatic heterocycles. The van der Waals surface area contributed by atoms with Crippen LogP contribution in [0.3, 0.4) is 0 Å². The summed E-state index contributed by atoms with van der Waals surface area (Å²) in [6, 6.07) is 8.20. The number of carbonyl (C=O) groups excluding carboxylic acids is 3. The predicted octanol–water partition coefficient (Wildman–Crippen LogP) is 4.23. The molecule has 12 nitrogen and oxygen atoms in total. The van der Waals surface area contributed by atoms with Gasteiger partial charge in [0, 0.05) is 25.4 Å². The molecule has 3 N–H and O–H groups in total. The smallest absolute Gasteiger partial charge is 0.455 e. The number of aliphatic hydroxyl groups excluding tert-OH is 2. The van der Waals surface area contributed by atoms with Crippen LogP contribution in [0.25, 0.3) is 0 Å². The first-order valence-electron chi connectivity index (χ1n) is 17.0. The van der Waals surface area contributed by atoms with Crippen LogP contribution in [-0.2, 0) is 32.6 Å². The second-order valence-electron chi connectivity index (χ2n) is 15.5. The van der Waals surface area contributed by atoms with Crippen LogP contribution in [0, 0.1) is 16.7 Å². The molecule has 13 heteroatoms. The molecule has 3 aliphatic carbocycles. The van der Waals surface area contributed by atoms with E-state index in [2.05, 4.69) is 0 Å². The van der Waals surface area contributed by atoms with E-state index in [1.54, 1.807) is 65.1 Å². The van der Waals surface area contributed by atoms with Gasteiger partial charge in [0.15, 0.2) is 11.4 Å². The van der Waals surface area contributed by atoms with Crippen molar-refractivity contribution >= 4 is 26.5 Å². The number of benzene rings is 1. The molecule has 1 aromatic carbocycles. The largest absolute Gasteiger partial charge is 0.508 e. The Kier molecular flexibility index (Phi) is 9.85. The van der Waals surface area contributed by atoms with Crippen molar-refractivity contribution in [3.8, 4) is 0 Å². The molecule has 1 saturated heterocycles. The number of hydrogen-bond acceptors (Lipinski definition) is 12. The lowest BCUT2D eigenvalue weighted by Gasteiger charge is -2.68. The van der Waals surface area contributed by atoms with Crippen molar-refractivity contribution in [1.82, 2.24) is 0 Å². The number of rotatable bonds is 8. The molecular weight excluding hydrogens is 652 g/mol. The van der Waals surface area contributed by atoms with Crippen LogP contribution in [-0.4, -0.2) is 104 Å². The number of Topliss-reactive ketones (excluding diaryl/α,β-unsaturated/α-hetero) is 1. The van der Waals surface area contributed by atoms with E-state index in [9.17, 15) is 24.9 Å². The fourth-order valence-electron chi connectivity index (χ4n) is 9.42. The van der Waals surface area contributed by atoms with Gasteiger partial charge in [0.05, 0.1) is 42.8 Å². The second-order valence-corrected chi connectivity index (χ2v) is 19.9. The number of esters is 1. The maximum absolute atomic E-state index is 15.3. The van der Waals surface area contributed by atoms with Gasteiger partial charge in [-0.15, -0.1) is 0 Å². The van der Waals surface area contributed by atoms with Crippen LogP contribution in [0.5, 0.6) is 0 Å². The first-order chi connectivity index (χ1) is 22.8. The molecule has 1 aliphatic heterocycles. The SMILES string of the molecule is COC(=O)O[C@@]12CO[C@@H]1C[C@H](O[Si](OC)(C(C)C)C(C)C)[C@@]1(C)C(=O)[C@H](O)C3=C(C)[C@@H](O)C[C@@](O)([C@@H](OC(=O)c4ccccc4)C12)C3(C)C. The van der Waals surface area contributed by atoms with E-state index in [1.807, 2.05) is 27.7 Å². The summed E-state index contributed by atoms with van der Waals surface area (Å²) in [5.74, 6) is -2.84. The zero-order valence-electron chi connectivity index (χ0n) is 30.1. The number of methoxy groups -OCH3 is 1. The van der Waals surface area contributed by atoms with Crippen molar-refractivity contribution < 1.29 is 57.5 Å². The Bertz CT molecular complexity index is 1480. The first kappa shape index (κ1) is 37.6. The van der Waals surface area contributed by atoms with E-state index in [0.717, 1.165) is 7.11 Å². The molecule has 1 heterocycles. The maximum atomic E-state index is 15.3. The molecule has 272 valence electrons. The van der Waals surface area contributed by atoms with Crippen LogP contribution < -0.4 is 0 Å². The summed E-state index contributed by atoms with van der Waals surface area (Å²) in [7, 11) is -0.418. The Morgan fingerprint density at radius 3 is 2.14 bits per heavy atom. The predicted molar refractivity (Wildman–Crippen MR) is 179 cm³/mol. The lowest BCUT2D eigenvalue weighted by Crippen LogP contribution is -2.82. The van der Waals surface area contributed by atoms with Crippen molar-refractivity contribution in [3.63, 3.8) is 0 Å². The Balaban J connectivity index is 1.86. The third kappa shape index (κ3) is 5.34. The number of aliphatic hydroxyl groups is 3. The minimum atomic E-state index is -3.16. The summed E-state index contributed by atoms with van der Waals surface area (Å²) >= 11 is 0. The molecule has 0 amide bonds. The van der Waals surface area contributed by atoms with E-state index >= 15 is 4.79 Å². The molecule has 5 rings (SSSR count). The van der Waals surface area contributed by atoms with Gasteiger partial charge in [-0.1, -0.05) is 59.7 Å². The van der Waals surface area contributed by atoms with Crippen LogP contribution in [0.2, 0.25) is 11.1 Å². The topological polar surface area (TPSA) is 167 Å². The standard InChI is InChI=1S/C36H52O12Si/c1-19(2)49(44-10,20(3)4)48-24-16-25-35(18-45-25,47-32(41)43-9)28-30(46-31(40)22-14-12-11-13-15-22)36(42)17-23(37)21(5)26(33(36,6)7)27(38)29(39)34(24,28)8/h11-15,19-20,23-25,27-28,30,37-38,42H,16-18H2,1-10H3/t23-,24-,25+,27+,28?,30-,34+,35-,36+/m0/s1. The molecule has 2 saturated carbocycles. The molecule has 3 fully saturated rings. The Hall–Kier alpha value is -2.65. The summed E-state index contributed by atoms with van der Waals surface area (Å²) in [4.78, 5) is 42.4. The summed E-state index contributed by atoms with van der Waals surface area (Å²) in [6.45, 7) is 14.3. The van der Waals surface area contributed by atoms with Gasteiger partial charge in [-0.05, 0) is 48.2 Å². The summed E-state index contributed by atoms with van der Waals surface area (Å²) < 4.78 is 36.9. The van der Waals surface area contributed by atoms with E-state index in [0.29, 0.717) is 5.57 Å². The van der Waals surface area contributed by atoms with E-state index < -0.39 is 84.9 Å². The van der Waals surface area contributed by atoms with Gasteiger partial charge < -0.3 is 43.1 Å². The molecule has 1 unspecified atom stereocenters. The van der Waals surface area contributed by atoms with Gasteiger partial charge in [0.25, 0.3) is 0 Å². The highest BCUT2D eigenvalue weighted by molar-refractivity contribution is 6.70. The number of fused-ring (bicyclic) bond motifs is 5. The lowest BCUT2D eigenvalue weighted by atomic mass is 9.44. The molecule has 1 aromatic rings. The number of ether oxygens (including phenoxy) is 4. The van der Waals surface area contributed by atoms with Crippen LogP contribution >= 0.6 is 0 Å². The van der Waals surface area contributed by atoms with Gasteiger partial charge in [0.2, 0.25) is 0 Å². The maximum Gasteiger partial charge on any atom is 0.508 e. The summed E-state index contributed by atoms with van der Waals surface area (Å²) in [6.07, 6.45) is -7.90. The number of carbonyl (C=O) groups is 3. The number of ketones is 1. The molecule has 0 radical (unpaired) electrons. The summed E-state index contributed by atoms with van der Waals surface area (Å²) in [5.41, 5.74) is -6.50. The van der Waals surface area contributed by atoms with Crippen molar-refractivity contribution in [3.05, 3.63) is 47.0 Å². The molecule has 9 atom stereocenters. The number of hydrogen-bond donors (Lipinski definition) is 3. The molecule has 49 heavy (non-hydrogen) atoms. The van der Waals surface area contributed by atoms with Gasteiger partial charge in [0.1, 0.15) is 23.9 Å². The monoisotopic (exact) mass is 704 g/mol. The minimum Gasteiger partial charge on any atom is -0.455 e. The average molecular weight is 705 g/mol. The third-order valence-corrected chi connectivity index (χ3v) is 16.8. The first-order valence-corrected chi connectivity index (χ1v) is 19.0. The highest BCUT2D eigenvalue weighted by atomic mass is 28.4. The van der Waals surface area contributed by atoms with Crippen LogP contribution in [0.1, 0.15) is 78.6 Å². The van der Waals surface area contributed by atoms with Gasteiger partial charge in [-0.3, -0.25) is 4.79 Å². The highest BCUT2D eigenvalue weighted by Crippen LogP contribution is 2.65. The average Bonchev–Trinajstić information content (AvgIpc) is 3.04. The Labute approximate surface area is 289 Å². The van der Waals surface area contributed by atoms with Crippen molar-refractivity contribution in [2.45, 2.75) is 121 Å². The van der Waals surface area contributed by atoms with Gasteiger partial charge in [-0.2, -0.15) is 0 Å². The molecule has 0 spiro atoms. The van der Waals surface area contributed by atoms with Crippen molar-refractivity contribution in [1.29, 1.82) is 0 Å². The quantitative estimate of drug-likeness (QED) is 0.201. The third-order valence-electron chi connectivity index (χ3n) is 12.3. The van der Waals surface area contributed by atoms with E-state index in [-0.39, 0.29) is 41.7 Å². The normalized spacial score (nSPS) is 37.0. The van der Waals surface area contributed by atoms with E-state index in [4.69, 9.17) is 27.8 Å².